The van der Waals surface area contributed by atoms with Crippen LogP contribution in [0.15, 0.2) is 55.5 Å². The van der Waals surface area contributed by atoms with Crippen LogP contribution in [0.25, 0.3) is 28.7 Å². The van der Waals surface area contributed by atoms with E-state index in [1.54, 1.807) is 30.3 Å². The SMILES string of the molecule is COC(=O)c1onc(-c2ccc3c(c2)S(=O)C(O)=C3)c1-c1ccco1. The first kappa shape index (κ1) is 15.4. The molecule has 1 unspecified atom stereocenters. The fraction of sp³-hybridized carbons (Fsp3) is 0.0588. The number of nitrogens with zero attached hydrogens (tertiary/aromatic N) is 1. The van der Waals surface area contributed by atoms with Gasteiger partial charge in [0.25, 0.3) is 5.76 Å². The molecule has 7 nitrogen and oxygen atoms in total. The molecule has 2 aromatic heterocycles. The molecule has 1 aliphatic heterocycles. The summed E-state index contributed by atoms with van der Waals surface area (Å²) in [6, 6.07) is 8.42. The van der Waals surface area contributed by atoms with E-state index in [1.807, 2.05) is 0 Å². The van der Waals surface area contributed by atoms with Crippen LogP contribution in [0.4, 0.5) is 0 Å². The Bertz CT molecular complexity index is 1030. The number of fused-ring (bicyclic) bond motifs is 1. The van der Waals surface area contributed by atoms with Gasteiger partial charge in [0, 0.05) is 5.56 Å². The Kier molecular flexibility index (Phi) is 3.54. The smallest absolute Gasteiger partial charge is 0.377 e. The molecular weight excluding hydrogens is 346 g/mol. The molecule has 0 amide bonds. The second-order valence-corrected chi connectivity index (χ2v) is 6.60. The molecule has 3 heterocycles. The Labute approximate surface area is 144 Å². The first-order chi connectivity index (χ1) is 12.1. The zero-order valence-electron chi connectivity index (χ0n) is 12.9. The Balaban J connectivity index is 1.89. The summed E-state index contributed by atoms with van der Waals surface area (Å²) in [6.07, 6.45) is 2.91. The van der Waals surface area contributed by atoms with Crippen LogP contribution in [0.3, 0.4) is 0 Å². The summed E-state index contributed by atoms with van der Waals surface area (Å²) in [4.78, 5) is 12.4. The number of furan rings is 1. The molecule has 0 spiro atoms. The van der Waals surface area contributed by atoms with Crippen LogP contribution >= 0.6 is 0 Å². The number of methoxy groups -OCH3 is 1. The molecule has 8 heteroatoms. The summed E-state index contributed by atoms with van der Waals surface area (Å²) in [6.45, 7) is 0. The first-order valence-electron chi connectivity index (χ1n) is 7.19. The highest BCUT2D eigenvalue weighted by molar-refractivity contribution is 7.89. The number of aromatic nitrogens is 1. The van der Waals surface area contributed by atoms with E-state index in [0.29, 0.717) is 33.0 Å². The predicted molar refractivity (Wildman–Crippen MR) is 88.0 cm³/mol. The number of aliphatic hydroxyl groups excluding tert-OH is 1. The highest BCUT2D eigenvalue weighted by Crippen LogP contribution is 2.38. The van der Waals surface area contributed by atoms with Crippen LogP contribution in [-0.2, 0) is 15.5 Å². The highest BCUT2D eigenvalue weighted by Gasteiger charge is 2.28. The molecule has 3 aromatic rings. The van der Waals surface area contributed by atoms with Gasteiger partial charge in [0.2, 0.25) is 0 Å². The molecule has 1 aromatic carbocycles. The lowest BCUT2D eigenvalue weighted by atomic mass is 10.0. The van der Waals surface area contributed by atoms with Gasteiger partial charge in [0.05, 0.1) is 23.8 Å². The number of rotatable bonds is 3. The molecule has 1 atom stereocenters. The predicted octanol–water partition coefficient (Wildman–Crippen LogP) is 3.37. The third kappa shape index (κ3) is 2.38. The highest BCUT2D eigenvalue weighted by atomic mass is 32.2. The lowest BCUT2D eigenvalue weighted by Gasteiger charge is -2.03. The van der Waals surface area contributed by atoms with Crippen LogP contribution in [0, 0.1) is 0 Å². The number of esters is 1. The van der Waals surface area contributed by atoms with Crippen molar-refractivity contribution >= 4 is 22.8 Å². The number of ether oxygens (including phenoxy) is 1. The van der Waals surface area contributed by atoms with E-state index in [4.69, 9.17) is 13.7 Å². The minimum atomic E-state index is -1.63. The van der Waals surface area contributed by atoms with Gasteiger partial charge in [0.15, 0.2) is 5.09 Å². The number of benzene rings is 1. The topological polar surface area (TPSA) is 103 Å². The second-order valence-electron chi connectivity index (χ2n) is 5.21. The normalized spacial score (nSPS) is 15.7. The molecule has 126 valence electrons. The molecule has 0 fully saturated rings. The molecule has 1 aliphatic rings. The minimum absolute atomic E-state index is 0.0879. The molecule has 25 heavy (non-hydrogen) atoms. The summed E-state index contributed by atoms with van der Waals surface area (Å²) in [7, 11) is -0.391. The van der Waals surface area contributed by atoms with Crippen molar-refractivity contribution in [3.63, 3.8) is 0 Å². The standard InChI is InChI=1S/C17H11NO6S/c1-22-17(20)16-14(11-3-2-6-23-11)15(18-24-16)10-5-4-9-8-13(19)25(21)12(9)7-10/h2-8,19H,1H3. The van der Waals surface area contributed by atoms with Gasteiger partial charge in [-0.25, -0.2) is 9.00 Å². The maximum atomic E-state index is 12.1. The maximum Gasteiger partial charge on any atom is 0.377 e. The van der Waals surface area contributed by atoms with Crippen LogP contribution in [-0.4, -0.2) is 27.6 Å². The fourth-order valence-electron chi connectivity index (χ4n) is 2.63. The van der Waals surface area contributed by atoms with Crippen LogP contribution < -0.4 is 0 Å². The maximum absolute atomic E-state index is 12.1. The van der Waals surface area contributed by atoms with Crippen molar-refractivity contribution < 1.29 is 27.8 Å². The quantitative estimate of drug-likeness (QED) is 0.717. The molecule has 0 bridgehead atoms. The van der Waals surface area contributed by atoms with E-state index in [1.165, 1.54) is 19.4 Å². The van der Waals surface area contributed by atoms with Crippen molar-refractivity contribution in [1.82, 2.24) is 5.16 Å². The lowest BCUT2D eigenvalue weighted by molar-refractivity contribution is 0.0555. The summed E-state index contributed by atoms with van der Waals surface area (Å²) in [5, 5.41) is 13.4. The Morgan fingerprint density at radius 1 is 1.32 bits per heavy atom. The van der Waals surface area contributed by atoms with Gasteiger partial charge >= 0.3 is 5.97 Å². The van der Waals surface area contributed by atoms with Crippen molar-refractivity contribution in [3.05, 3.63) is 53.0 Å². The number of aliphatic hydroxyl groups is 1. The minimum Gasteiger partial charge on any atom is -0.500 e. The van der Waals surface area contributed by atoms with Gasteiger partial charge in [-0.15, -0.1) is 0 Å². The number of carbonyl (C=O) groups excluding carboxylic acids is 1. The molecule has 4 rings (SSSR count). The van der Waals surface area contributed by atoms with E-state index in [9.17, 15) is 14.1 Å². The Morgan fingerprint density at radius 2 is 2.16 bits per heavy atom. The number of carbonyl (C=O) groups is 1. The van der Waals surface area contributed by atoms with Crippen molar-refractivity contribution in [1.29, 1.82) is 0 Å². The molecule has 0 aliphatic carbocycles. The average molecular weight is 357 g/mol. The molecular formula is C17H11NO6S. The summed E-state index contributed by atoms with van der Waals surface area (Å²) in [5.74, 6) is -0.386. The number of hydrogen-bond donors (Lipinski definition) is 1. The van der Waals surface area contributed by atoms with E-state index in [0.717, 1.165) is 0 Å². The third-order valence-electron chi connectivity index (χ3n) is 3.79. The van der Waals surface area contributed by atoms with Gasteiger partial charge in [-0.05, 0) is 29.8 Å². The molecule has 0 saturated carbocycles. The first-order valence-corrected chi connectivity index (χ1v) is 8.34. The van der Waals surface area contributed by atoms with Crippen molar-refractivity contribution in [2.45, 2.75) is 4.90 Å². The summed E-state index contributed by atoms with van der Waals surface area (Å²) in [5.41, 5.74) is 1.93. The van der Waals surface area contributed by atoms with E-state index in [-0.39, 0.29) is 10.9 Å². The van der Waals surface area contributed by atoms with Gasteiger partial charge in [0.1, 0.15) is 22.3 Å². The second kappa shape index (κ2) is 5.75. The third-order valence-corrected chi connectivity index (χ3v) is 5.04. The van der Waals surface area contributed by atoms with Crippen LogP contribution in [0.5, 0.6) is 0 Å². The zero-order chi connectivity index (χ0) is 17.6. The van der Waals surface area contributed by atoms with Crippen molar-refractivity contribution in [2.24, 2.45) is 0 Å². The summed E-state index contributed by atoms with van der Waals surface area (Å²) < 4.78 is 27.4. The summed E-state index contributed by atoms with van der Waals surface area (Å²) >= 11 is 0. The molecule has 1 N–H and O–H groups in total. The fourth-order valence-corrected chi connectivity index (χ4v) is 3.66. The largest absolute Gasteiger partial charge is 0.500 e. The Hall–Kier alpha value is -3.13. The van der Waals surface area contributed by atoms with E-state index < -0.39 is 16.8 Å². The monoisotopic (exact) mass is 357 g/mol. The van der Waals surface area contributed by atoms with Crippen LogP contribution in [0.2, 0.25) is 0 Å². The lowest BCUT2D eigenvalue weighted by Crippen LogP contribution is -2.01. The van der Waals surface area contributed by atoms with E-state index in [2.05, 4.69) is 5.16 Å². The van der Waals surface area contributed by atoms with Crippen molar-refractivity contribution in [3.8, 4) is 22.6 Å². The van der Waals surface area contributed by atoms with Crippen LogP contribution in [0.1, 0.15) is 16.1 Å². The van der Waals surface area contributed by atoms with Gasteiger partial charge in [-0.2, -0.15) is 0 Å². The number of hydrogen-bond acceptors (Lipinski definition) is 7. The van der Waals surface area contributed by atoms with Gasteiger partial charge in [-0.3, -0.25) is 0 Å². The Morgan fingerprint density at radius 3 is 2.88 bits per heavy atom. The van der Waals surface area contributed by atoms with Gasteiger partial charge < -0.3 is 18.8 Å². The van der Waals surface area contributed by atoms with Gasteiger partial charge in [-0.1, -0.05) is 17.3 Å². The zero-order valence-corrected chi connectivity index (χ0v) is 13.7. The van der Waals surface area contributed by atoms with Crippen molar-refractivity contribution in [2.75, 3.05) is 7.11 Å². The van der Waals surface area contributed by atoms with E-state index >= 15 is 0 Å². The molecule has 0 radical (unpaired) electrons. The average Bonchev–Trinajstić information content (AvgIpc) is 3.34. The molecule has 0 saturated heterocycles.